The molecule has 1 unspecified atom stereocenters. The normalized spacial score (nSPS) is 24.3. The predicted octanol–water partition coefficient (Wildman–Crippen LogP) is 2.01. The van der Waals surface area contributed by atoms with Crippen LogP contribution in [0.5, 0.6) is 0 Å². The first-order valence-electron chi connectivity index (χ1n) is 10.2. The van der Waals surface area contributed by atoms with Gasteiger partial charge in [-0.05, 0) is 87.8 Å². The van der Waals surface area contributed by atoms with Gasteiger partial charge in [-0.3, -0.25) is 0 Å². The second-order valence-corrected chi connectivity index (χ2v) is 9.84. The Hall–Kier alpha value is -0.950. The van der Waals surface area contributed by atoms with Crippen molar-refractivity contribution in [2.45, 2.75) is 55.9 Å². The van der Waals surface area contributed by atoms with E-state index >= 15 is 0 Å². The molecule has 2 heterocycles. The molecule has 6 heteroatoms. The molecule has 2 saturated heterocycles. The lowest BCUT2D eigenvalue weighted by atomic mass is 9.92. The number of sulfonamides is 1. The van der Waals surface area contributed by atoms with Crippen molar-refractivity contribution < 1.29 is 8.42 Å². The van der Waals surface area contributed by atoms with Crippen LogP contribution < -0.4 is 5.32 Å². The van der Waals surface area contributed by atoms with Gasteiger partial charge >= 0.3 is 0 Å². The van der Waals surface area contributed by atoms with Crippen LogP contribution in [0.1, 0.15) is 43.2 Å². The number of benzene rings is 1. The third-order valence-corrected chi connectivity index (χ3v) is 8.15. The summed E-state index contributed by atoms with van der Waals surface area (Å²) in [6.45, 7) is 5.34. The van der Waals surface area contributed by atoms with Crippen LogP contribution in [-0.2, 0) is 22.9 Å². The average Bonchev–Trinajstić information content (AvgIpc) is 3.35. The average molecular weight is 378 g/mol. The van der Waals surface area contributed by atoms with Gasteiger partial charge in [-0.2, -0.15) is 4.31 Å². The van der Waals surface area contributed by atoms with Crippen molar-refractivity contribution in [2.24, 2.45) is 0 Å². The zero-order chi connectivity index (χ0) is 18.0. The third kappa shape index (κ3) is 3.84. The molecule has 0 radical (unpaired) electrons. The van der Waals surface area contributed by atoms with Gasteiger partial charge in [0.2, 0.25) is 10.0 Å². The standard InChI is InChI=1S/C20H31N3O2S/c24-26(25,20-8-7-17-5-1-2-6-18(17)15-20)23(19-9-10-21-16-19)14-13-22-11-3-4-12-22/h7-8,15,19,21H,1-6,9-14,16H2. The zero-order valence-corrected chi connectivity index (χ0v) is 16.4. The van der Waals surface area contributed by atoms with Gasteiger partial charge in [0.1, 0.15) is 0 Å². The molecule has 0 amide bonds. The molecule has 3 aliphatic rings. The molecule has 2 aliphatic heterocycles. The summed E-state index contributed by atoms with van der Waals surface area (Å²) in [6, 6.07) is 5.92. The molecule has 144 valence electrons. The number of likely N-dealkylation sites (tertiary alicyclic amines) is 1. The van der Waals surface area contributed by atoms with E-state index in [1.807, 2.05) is 18.2 Å². The van der Waals surface area contributed by atoms with E-state index in [4.69, 9.17) is 0 Å². The minimum Gasteiger partial charge on any atom is -0.315 e. The smallest absolute Gasteiger partial charge is 0.243 e. The highest BCUT2D eigenvalue weighted by Crippen LogP contribution is 2.27. The number of fused-ring (bicyclic) bond motifs is 1. The largest absolute Gasteiger partial charge is 0.315 e. The summed E-state index contributed by atoms with van der Waals surface area (Å²) < 4.78 is 28.8. The molecule has 1 aromatic rings. The maximum atomic E-state index is 13.5. The van der Waals surface area contributed by atoms with Gasteiger partial charge in [0.15, 0.2) is 0 Å². The summed E-state index contributed by atoms with van der Waals surface area (Å²) in [5.74, 6) is 0. The molecule has 0 bridgehead atoms. The summed E-state index contributed by atoms with van der Waals surface area (Å²) in [6.07, 6.45) is 7.87. The Kier molecular flexibility index (Phi) is 5.64. The molecule has 0 spiro atoms. The van der Waals surface area contributed by atoms with Crippen LogP contribution >= 0.6 is 0 Å². The topological polar surface area (TPSA) is 52.7 Å². The van der Waals surface area contributed by atoms with Gasteiger partial charge in [0.05, 0.1) is 4.90 Å². The maximum absolute atomic E-state index is 13.5. The van der Waals surface area contributed by atoms with Crippen LogP contribution in [0.4, 0.5) is 0 Å². The molecule has 1 N–H and O–H groups in total. The Bertz CT molecular complexity index is 723. The highest BCUT2D eigenvalue weighted by Gasteiger charge is 2.34. The maximum Gasteiger partial charge on any atom is 0.243 e. The summed E-state index contributed by atoms with van der Waals surface area (Å²) in [5, 5.41) is 3.33. The Morgan fingerprint density at radius 2 is 1.85 bits per heavy atom. The molecule has 1 aromatic carbocycles. The van der Waals surface area contributed by atoms with E-state index in [0.29, 0.717) is 11.4 Å². The molecule has 4 rings (SSSR count). The monoisotopic (exact) mass is 377 g/mol. The summed E-state index contributed by atoms with van der Waals surface area (Å²) in [5.41, 5.74) is 2.57. The summed E-state index contributed by atoms with van der Waals surface area (Å²) >= 11 is 0. The van der Waals surface area contributed by atoms with Gasteiger partial charge in [0.25, 0.3) is 0 Å². The Balaban J connectivity index is 1.57. The highest BCUT2D eigenvalue weighted by atomic mass is 32.2. The van der Waals surface area contributed by atoms with Crippen LogP contribution in [0.15, 0.2) is 23.1 Å². The first-order valence-corrected chi connectivity index (χ1v) is 11.7. The molecule has 1 atom stereocenters. The van der Waals surface area contributed by atoms with Gasteiger partial charge < -0.3 is 10.2 Å². The number of hydrogen-bond donors (Lipinski definition) is 1. The molecule has 0 saturated carbocycles. The fourth-order valence-electron chi connectivity index (χ4n) is 4.64. The fourth-order valence-corrected chi connectivity index (χ4v) is 6.33. The van der Waals surface area contributed by atoms with E-state index in [1.54, 1.807) is 4.31 Å². The Labute approximate surface area is 157 Å². The minimum atomic E-state index is -3.44. The zero-order valence-electron chi connectivity index (χ0n) is 15.6. The highest BCUT2D eigenvalue weighted by molar-refractivity contribution is 7.89. The van der Waals surface area contributed by atoms with E-state index < -0.39 is 10.0 Å². The number of aryl methyl sites for hydroxylation is 2. The lowest BCUT2D eigenvalue weighted by molar-refractivity contribution is 0.265. The van der Waals surface area contributed by atoms with Gasteiger partial charge in [-0.25, -0.2) is 8.42 Å². The van der Waals surface area contributed by atoms with Crippen LogP contribution in [0.2, 0.25) is 0 Å². The Morgan fingerprint density at radius 3 is 2.58 bits per heavy atom. The van der Waals surface area contributed by atoms with Crippen LogP contribution in [-0.4, -0.2) is 62.9 Å². The van der Waals surface area contributed by atoms with E-state index in [2.05, 4.69) is 10.2 Å². The van der Waals surface area contributed by atoms with Gasteiger partial charge in [-0.1, -0.05) is 6.07 Å². The van der Waals surface area contributed by atoms with Crippen molar-refractivity contribution in [2.75, 3.05) is 39.3 Å². The minimum absolute atomic E-state index is 0.0821. The van der Waals surface area contributed by atoms with E-state index in [-0.39, 0.29) is 6.04 Å². The first kappa shape index (κ1) is 18.4. The molecular formula is C20H31N3O2S. The lowest BCUT2D eigenvalue weighted by Gasteiger charge is -2.30. The summed E-state index contributed by atoms with van der Waals surface area (Å²) in [4.78, 5) is 2.89. The van der Waals surface area contributed by atoms with Crippen molar-refractivity contribution >= 4 is 10.0 Å². The van der Waals surface area contributed by atoms with E-state index in [0.717, 1.165) is 52.0 Å². The van der Waals surface area contributed by atoms with Crippen molar-refractivity contribution in [3.8, 4) is 0 Å². The molecular weight excluding hydrogens is 346 g/mol. The van der Waals surface area contributed by atoms with E-state index in [9.17, 15) is 8.42 Å². The number of hydrogen-bond acceptors (Lipinski definition) is 4. The number of nitrogens with zero attached hydrogens (tertiary/aromatic N) is 2. The summed E-state index contributed by atoms with van der Waals surface area (Å²) in [7, 11) is -3.44. The van der Waals surface area contributed by atoms with Crippen molar-refractivity contribution in [1.29, 1.82) is 0 Å². The number of nitrogens with one attached hydrogen (secondary N) is 1. The molecule has 1 aliphatic carbocycles. The quantitative estimate of drug-likeness (QED) is 0.824. The second-order valence-electron chi connectivity index (χ2n) is 7.95. The van der Waals surface area contributed by atoms with Crippen LogP contribution in [0, 0.1) is 0 Å². The van der Waals surface area contributed by atoms with Crippen molar-refractivity contribution in [3.05, 3.63) is 29.3 Å². The molecule has 5 nitrogen and oxygen atoms in total. The van der Waals surface area contributed by atoms with Crippen LogP contribution in [0.3, 0.4) is 0 Å². The van der Waals surface area contributed by atoms with Crippen molar-refractivity contribution in [1.82, 2.24) is 14.5 Å². The molecule has 0 aromatic heterocycles. The Morgan fingerprint density at radius 1 is 1.08 bits per heavy atom. The third-order valence-electron chi connectivity index (χ3n) is 6.20. The van der Waals surface area contributed by atoms with Crippen molar-refractivity contribution in [3.63, 3.8) is 0 Å². The van der Waals surface area contributed by atoms with E-state index in [1.165, 1.54) is 36.8 Å². The van der Waals surface area contributed by atoms with Crippen LogP contribution in [0.25, 0.3) is 0 Å². The second kappa shape index (κ2) is 7.97. The van der Waals surface area contributed by atoms with Gasteiger partial charge in [-0.15, -0.1) is 0 Å². The lowest BCUT2D eigenvalue weighted by Crippen LogP contribution is -2.45. The molecule has 26 heavy (non-hydrogen) atoms. The first-order chi connectivity index (χ1) is 12.6. The van der Waals surface area contributed by atoms with Gasteiger partial charge in [0, 0.05) is 25.7 Å². The number of rotatable bonds is 6. The SMILES string of the molecule is O=S(=O)(c1ccc2c(c1)CCCC2)N(CCN1CCCC1)C1CCNC1. The fraction of sp³-hybridized carbons (Fsp3) is 0.700. The predicted molar refractivity (Wildman–Crippen MR) is 104 cm³/mol. The molecule has 2 fully saturated rings.